The zero-order chi connectivity index (χ0) is 7.56. The summed E-state index contributed by atoms with van der Waals surface area (Å²) in [4.78, 5) is 10.7. The van der Waals surface area contributed by atoms with Gasteiger partial charge in [-0.05, 0) is 0 Å². The standard InChI is InChI=1S/C4H3ClN2O2S/c1-9-4(8)2-3(5)7-10-6-2/h1H3. The fourth-order valence-electron chi connectivity index (χ4n) is 0.396. The summed E-state index contributed by atoms with van der Waals surface area (Å²) in [5, 5.41) is 0.0943. The van der Waals surface area contributed by atoms with Gasteiger partial charge in [0.1, 0.15) is 0 Å². The van der Waals surface area contributed by atoms with E-state index in [0.29, 0.717) is 0 Å². The molecule has 0 aliphatic carbocycles. The second-order valence-electron chi connectivity index (χ2n) is 1.40. The molecule has 1 heterocycles. The summed E-state index contributed by atoms with van der Waals surface area (Å²) in [7, 11) is 1.26. The summed E-state index contributed by atoms with van der Waals surface area (Å²) in [6.07, 6.45) is 0. The minimum absolute atomic E-state index is 0.0779. The van der Waals surface area contributed by atoms with Gasteiger partial charge in [-0.15, -0.1) is 0 Å². The number of aromatic nitrogens is 2. The lowest BCUT2D eigenvalue weighted by atomic mass is 10.5. The van der Waals surface area contributed by atoms with Gasteiger partial charge in [-0.25, -0.2) is 4.79 Å². The Morgan fingerprint density at radius 2 is 2.40 bits per heavy atom. The van der Waals surface area contributed by atoms with Gasteiger partial charge in [0.2, 0.25) is 5.69 Å². The molecule has 0 spiro atoms. The zero-order valence-electron chi connectivity index (χ0n) is 5.00. The van der Waals surface area contributed by atoms with Gasteiger partial charge in [-0.3, -0.25) is 0 Å². The Hall–Kier alpha value is -0.680. The highest BCUT2D eigenvalue weighted by Crippen LogP contribution is 2.12. The first kappa shape index (κ1) is 7.43. The molecule has 4 nitrogen and oxygen atoms in total. The van der Waals surface area contributed by atoms with E-state index in [-0.39, 0.29) is 10.8 Å². The number of halogens is 1. The molecule has 0 atom stereocenters. The van der Waals surface area contributed by atoms with Crippen LogP contribution in [-0.2, 0) is 4.74 Å². The smallest absolute Gasteiger partial charge is 0.361 e. The molecule has 0 saturated heterocycles. The van der Waals surface area contributed by atoms with Crippen LogP contribution in [0.15, 0.2) is 0 Å². The van der Waals surface area contributed by atoms with Crippen molar-refractivity contribution >= 4 is 29.3 Å². The average molecular weight is 179 g/mol. The van der Waals surface area contributed by atoms with E-state index in [2.05, 4.69) is 13.5 Å². The van der Waals surface area contributed by atoms with E-state index in [1.165, 1.54) is 7.11 Å². The summed E-state index contributed by atoms with van der Waals surface area (Å²) in [5.74, 6) is -0.557. The second-order valence-corrected chi connectivity index (χ2v) is 2.28. The lowest BCUT2D eigenvalue weighted by molar-refractivity contribution is 0.0595. The van der Waals surface area contributed by atoms with Gasteiger partial charge >= 0.3 is 5.97 Å². The van der Waals surface area contributed by atoms with Crippen LogP contribution in [0.5, 0.6) is 0 Å². The molecule has 0 fully saturated rings. The number of hydrogen-bond donors (Lipinski definition) is 0. The number of ether oxygens (including phenoxy) is 1. The van der Waals surface area contributed by atoms with E-state index in [4.69, 9.17) is 11.6 Å². The van der Waals surface area contributed by atoms with Crippen molar-refractivity contribution in [1.29, 1.82) is 0 Å². The normalized spacial score (nSPS) is 9.40. The van der Waals surface area contributed by atoms with E-state index in [1.54, 1.807) is 0 Å². The Morgan fingerprint density at radius 3 is 2.80 bits per heavy atom. The van der Waals surface area contributed by atoms with E-state index in [0.717, 1.165) is 11.7 Å². The van der Waals surface area contributed by atoms with E-state index in [1.807, 2.05) is 0 Å². The molecule has 0 aliphatic rings. The third kappa shape index (κ3) is 1.25. The van der Waals surface area contributed by atoms with E-state index in [9.17, 15) is 4.79 Å². The Morgan fingerprint density at radius 1 is 1.70 bits per heavy atom. The van der Waals surface area contributed by atoms with Crippen LogP contribution in [-0.4, -0.2) is 21.8 Å². The number of esters is 1. The van der Waals surface area contributed by atoms with E-state index >= 15 is 0 Å². The van der Waals surface area contributed by atoms with Gasteiger partial charge in [0.25, 0.3) is 0 Å². The lowest BCUT2D eigenvalue weighted by Crippen LogP contribution is -2.01. The number of rotatable bonds is 1. The van der Waals surface area contributed by atoms with Gasteiger partial charge in [0.15, 0.2) is 5.15 Å². The monoisotopic (exact) mass is 178 g/mol. The maximum atomic E-state index is 10.7. The molecule has 54 valence electrons. The summed E-state index contributed by atoms with van der Waals surface area (Å²) < 4.78 is 11.5. The third-order valence-corrected chi connectivity index (χ3v) is 1.72. The highest BCUT2D eigenvalue weighted by Gasteiger charge is 2.14. The molecule has 10 heavy (non-hydrogen) atoms. The number of carbonyl (C=O) groups excluding carboxylic acids is 1. The molecular weight excluding hydrogens is 176 g/mol. The molecule has 0 unspecified atom stereocenters. The molecule has 1 aromatic heterocycles. The molecule has 0 saturated carbocycles. The molecule has 0 amide bonds. The predicted molar refractivity (Wildman–Crippen MR) is 36.3 cm³/mol. The maximum Gasteiger partial charge on any atom is 0.361 e. The van der Waals surface area contributed by atoms with Crippen molar-refractivity contribution in [2.45, 2.75) is 0 Å². The summed E-state index contributed by atoms with van der Waals surface area (Å²) in [5.41, 5.74) is 0.0779. The first-order valence-electron chi connectivity index (χ1n) is 2.32. The number of nitrogens with zero attached hydrogens (tertiary/aromatic N) is 2. The summed E-state index contributed by atoms with van der Waals surface area (Å²) >= 11 is 6.33. The topological polar surface area (TPSA) is 52.1 Å². The molecular formula is C4H3ClN2O2S. The van der Waals surface area contributed by atoms with Gasteiger partial charge in [-0.2, -0.15) is 8.75 Å². The molecule has 6 heteroatoms. The first-order chi connectivity index (χ1) is 4.75. The van der Waals surface area contributed by atoms with Gasteiger partial charge in [0, 0.05) is 0 Å². The highest BCUT2D eigenvalue weighted by atomic mass is 35.5. The lowest BCUT2D eigenvalue weighted by Gasteiger charge is -1.90. The van der Waals surface area contributed by atoms with Gasteiger partial charge in [-0.1, -0.05) is 11.6 Å². The van der Waals surface area contributed by atoms with Crippen LogP contribution in [0.25, 0.3) is 0 Å². The van der Waals surface area contributed by atoms with Crippen LogP contribution in [0, 0.1) is 0 Å². The van der Waals surface area contributed by atoms with Crippen LogP contribution < -0.4 is 0 Å². The number of carbonyl (C=O) groups is 1. The fraction of sp³-hybridized carbons (Fsp3) is 0.250. The van der Waals surface area contributed by atoms with Crippen molar-refractivity contribution in [3.63, 3.8) is 0 Å². The number of methoxy groups -OCH3 is 1. The van der Waals surface area contributed by atoms with Crippen molar-refractivity contribution in [2.75, 3.05) is 7.11 Å². The van der Waals surface area contributed by atoms with Crippen molar-refractivity contribution < 1.29 is 9.53 Å². The predicted octanol–water partition coefficient (Wildman–Crippen LogP) is 0.978. The van der Waals surface area contributed by atoms with Crippen LogP contribution in [0.3, 0.4) is 0 Å². The third-order valence-electron chi connectivity index (χ3n) is 0.827. The molecule has 0 bridgehead atoms. The minimum atomic E-state index is -0.557. The molecule has 0 N–H and O–H groups in total. The number of hydrogen-bond acceptors (Lipinski definition) is 5. The van der Waals surface area contributed by atoms with Crippen molar-refractivity contribution in [3.05, 3.63) is 10.8 Å². The Balaban J connectivity index is 2.93. The van der Waals surface area contributed by atoms with Gasteiger partial charge in [0.05, 0.1) is 18.8 Å². The molecule has 0 aliphatic heterocycles. The largest absolute Gasteiger partial charge is 0.464 e. The fourth-order valence-corrected chi connectivity index (χ4v) is 1.10. The van der Waals surface area contributed by atoms with Crippen molar-refractivity contribution in [3.8, 4) is 0 Å². The maximum absolute atomic E-state index is 10.7. The molecule has 1 rings (SSSR count). The van der Waals surface area contributed by atoms with Crippen LogP contribution in [0.2, 0.25) is 5.15 Å². The van der Waals surface area contributed by atoms with Crippen LogP contribution in [0.4, 0.5) is 0 Å². The molecule has 1 aromatic rings. The van der Waals surface area contributed by atoms with Crippen LogP contribution >= 0.6 is 23.3 Å². The Bertz CT molecular complexity index is 249. The second kappa shape index (κ2) is 2.94. The highest BCUT2D eigenvalue weighted by molar-refractivity contribution is 6.99. The Labute approximate surface area is 66.1 Å². The zero-order valence-corrected chi connectivity index (χ0v) is 6.57. The van der Waals surface area contributed by atoms with Crippen LogP contribution in [0.1, 0.15) is 10.5 Å². The average Bonchev–Trinajstić information content (AvgIpc) is 2.34. The minimum Gasteiger partial charge on any atom is -0.464 e. The molecule has 0 radical (unpaired) electrons. The molecule has 0 aromatic carbocycles. The van der Waals surface area contributed by atoms with E-state index < -0.39 is 5.97 Å². The Kier molecular flexibility index (Phi) is 2.18. The van der Waals surface area contributed by atoms with Crippen molar-refractivity contribution in [2.24, 2.45) is 0 Å². The van der Waals surface area contributed by atoms with Crippen molar-refractivity contribution in [1.82, 2.24) is 8.75 Å². The van der Waals surface area contributed by atoms with Gasteiger partial charge < -0.3 is 4.74 Å². The summed E-state index contributed by atoms with van der Waals surface area (Å²) in [6.45, 7) is 0. The first-order valence-corrected chi connectivity index (χ1v) is 3.43. The SMILES string of the molecule is COC(=O)c1nsnc1Cl. The summed E-state index contributed by atoms with van der Waals surface area (Å²) in [6, 6.07) is 0. The quantitative estimate of drug-likeness (QED) is 0.602.